The Morgan fingerprint density at radius 2 is 2.53 bits per heavy atom. The monoisotopic (exact) mass is 244 g/mol. The van der Waals surface area contributed by atoms with E-state index in [1.807, 2.05) is 6.20 Å². The van der Waals surface area contributed by atoms with E-state index in [0.29, 0.717) is 11.8 Å². The van der Waals surface area contributed by atoms with Crippen LogP contribution in [0.1, 0.15) is 24.1 Å². The quantitative estimate of drug-likeness (QED) is 0.873. The van der Waals surface area contributed by atoms with Gasteiger partial charge in [-0.1, -0.05) is 6.42 Å². The van der Waals surface area contributed by atoms with E-state index in [-0.39, 0.29) is 0 Å². The van der Waals surface area contributed by atoms with Crippen LogP contribution in [-0.2, 0) is 16.6 Å². The maximum atomic E-state index is 11.8. The van der Waals surface area contributed by atoms with Crippen molar-refractivity contribution in [3.8, 4) is 0 Å². The summed E-state index contributed by atoms with van der Waals surface area (Å²) in [6.45, 7) is 1.09. The minimum Gasteiger partial charge on any atom is -0.313 e. The van der Waals surface area contributed by atoms with Gasteiger partial charge in [-0.15, -0.1) is 11.3 Å². The summed E-state index contributed by atoms with van der Waals surface area (Å²) >= 11 is 1.59. The predicted octanol–water partition coefficient (Wildman–Crippen LogP) is 1.53. The van der Waals surface area contributed by atoms with Gasteiger partial charge in [0.05, 0.1) is 11.3 Å². The molecule has 1 saturated heterocycles. The van der Waals surface area contributed by atoms with E-state index in [1.54, 1.807) is 16.8 Å². The molecule has 1 N–H and O–H groups in total. The molecule has 0 saturated carbocycles. The van der Waals surface area contributed by atoms with Crippen molar-refractivity contribution in [1.29, 1.82) is 0 Å². The zero-order valence-corrected chi connectivity index (χ0v) is 10.3. The Balaban J connectivity index is 1.76. The zero-order valence-electron chi connectivity index (χ0n) is 8.65. The van der Waals surface area contributed by atoms with Crippen LogP contribution in [0.15, 0.2) is 11.7 Å². The maximum absolute atomic E-state index is 11.8. The summed E-state index contributed by atoms with van der Waals surface area (Å²) in [5.74, 6) is 1.46. The molecule has 1 fully saturated rings. The van der Waals surface area contributed by atoms with Gasteiger partial charge in [-0.2, -0.15) is 0 Å². The molecule has 0 aliphatic carbocycles. The minimum atomic E-state index is -0.739. The smallest absolute Gasteiger partial charge is 0.0794 e. The number of hydrogen-bond donors (Lipinski definition) is 1. The number of piperidine rings is 1. The van der Waals surface area contributed by atoms with E-state index in [9.17, 15) is 4.21 Å². The van der Waals surface area contributed by atoms with Crippen molar-refractivity contribution in [1.82, 2.24) is 10.3 Å². The van der Waals surface area contributed by atoms with Crippen molar-refractivity contribution >= 4 is 22.1 Å². The van der Waals surface area contributed by atoms with E-state index in [1.165, 1.54) is 19.3 Å². The molecule has 2 rings (SSSR count). The first-order chi connectivity index (χ1) is 7.34. The molecule has 1 aromatic heterocycles. The van der Waals surface area contributed by atoms with Gasteiger partial charge in [0, 0.05) is 33.7 Å². The largest absolute Gasteiger partial charge is 0.313 e. The topological polar surface area (TPSA) is 42.0 Å². The standard InChI is InChI=1S/C10H16N2OS2/c13-15(7-10-5-11-8-14-10)6-9-3-1-2-4-12-9/h5,8-9,12H,1-4,6-7H2. The Morgan fingerprint density at radius 3 is 3.20 bits per heavy atom. The number of nitrogens with zero attached hydrogens (tertiary/aromatic N) is 1. The van der Waals surface area contributed by atoms with Crippen LogP contribution in [0.4, 0.5) is 0 Å². The van der Waals surface area contributed by atoms with Crippen molar-refractivity contribution in [2.24, 2.45) is 0 Å². The Kier molecular flexibility index (Phi) is 4.29. The molecule has 0 spiro atoms. The summed E-state index contributed by atoms with van der Waals surface area (Å²) in [5.41, 5.74) is 1.80. The van der Waals surface area contributed by atoms with Gasteiger partial charge < -0.3 is 5.32 Å². The third kappa shape index (κ3) is 3.66. The molecule has 2 unspecified atom stereocenters. The summed E-state index contributed by atoms with van der Waals surface area (Å²) in [6, 6.07) is 0.465. The van der Waals surface area contributed by atoms with Gasteiger partial charge in [0.25, 0.3) is 0 Å². The zero-order chi connectivity index (χ0) is 10.5. The van der Waals surface area contributed by atoms with Crippen LogP contribution in [0.3, 0.4) is 0 Å². The van der Waals surface area contributed by atoms with Crippen LogP contribution in [0.2, 0.25) is 0 Å². The summed E-state index contributed by atoms with van der Waals surface area (Å²) in [7, 11) is -0.739. The Bertz CT molecular complexity index is 307. The molecule has 0 aromatic carbocycles. The van der Waals surface area contributed by atoms with Gasteiger partial charge in [0.15, 0.2) is 0 Å². The summed E-state index contributed by atoms with van der Waals surface area (Å²) < 4.78 is 11.8. The van der Waals surface area contributed by atoms with Crippen LogP contribution in [0, 0.1) is 0 Å². The van der Waals surface area contributed by atoms with Crippen LogP contribution in [-0.4, -0.2) is 27.5 Å². The van der Waals surface area contributed by atoms with Gasteiger partial charge in [-0.3, -0.25) is 9.19 Å². The molecule has 84 valence electrons. The van der Waals surface area contributed by atoms with Gasteiger partial charge in [-0.05, 0) is 19.4 Å². The molecule has 0 bridgehead atoms. The van der Waals surface area contributed by atoms with E-state index in [4.69, 9.17) is 0 Å². The average molecular weight is 244 g/mol. The van der Waals surface area contributed by atoms with Crippen LogP contribution >= 0.6 is 11.3 Å². The Labute approximate surface area is 96.8 Å². The molecule has 2 atom stereocenters. The molecule has 2 heterocycles. The highest BCUT2D eigenvalue weighted by Crippen LogP contribution is 2.12. The van der Waals surface area contributed by atoms with E-state index in [2.05, 4.69) is 10.3 Å². The lowest BCUT2D eigenvalue weighted by atomic mass is 10.1. The third-order valence-corrected chi connectivity index (χ3v) is 4.96. The minimum absolute atomic E-state index is 0.465. The number of hydrogen-bond acceptors (Lipinski definition) is 4. The second kappa shape index (κ2) is 5.72. The number of rotatable bonds is 4. The molecule has 5 heteroatoms. The second-order valence-electron chi connectivity index (χ2n) is 3.87. The first kappa shape index (κ1) is 11.2. The van der Waals surface area contributed by atoms with Gasteiger partial charge >= 0.3 is 0 Å². The van der Waals surface area contributed by atoms with Crippen LogP contribution in [0.5, 0.6) is 0 Å². The predicted molar refractivity (Wildman–Crippen MR) is 64.5 cm³/mol. The first-order valence-corrected chi connectivity index (χ1v) is 7.67. The lowest BCUT2D eigenvalue weighted by Crippen LogP contribution is -2.38. The molecule has 1 aliphatic heterocycles. The van der Waals surface area contributed by atoms with Crippen LogP contribution < -0.4 is 5.32 Å². The highest BCUT2D eigenvalue weighted by molar-refractivity contribution is 7.84. The van der Waals surface area contributed by atoms with Gasteiger partial charge in [0.2, 0.25) is 0 Å². The summed E-state index contributed by atoms with van der Waals surface area (Å²) in [6.07, 6.45) is 5.53. The molecule has 15 heavy (non-hydrogen) atoms. The first-order valence-electron chi connectivity index (χ1n) is 5.30. The fourth-order valence-corrected chi connectivity index (χ4v) is 4.11. The van der Waals surface area contributed by atoms with E-state index < -0.39 is 10.8 Å². The number of thiazole rings is 1. The van der Waals surface area contributed by atoms with Gasteiger partial charge in [0.1, 0.15) is 0 Å². The fourth-order valence-electron chi connectivity index (χ4n) is 1.82. The summed E-state index contributed by atoms with van der Waals surface area (Å²) in [4.78, 5) is 5.12. The Morgan fingerprint density at radius 1 is 1.60 bits per heavy atom. The average Bonchev–Trinajstić information content (AvgIpc) is 2.71. The SMILES string of the molecule is O=S(Cc1cncs1)CC1CCCCN1. The molecule has 3 nitrogen and oxygen atoms in total. The van der Waals surface area contributed by atoms with Crippen molar-refractivity contribution in [2.75, 3.05) is 12.3 Å². The van der Waals surface area contributed by atoms with Gasteiger partial charge in [-0.25, -0.2) is 0 Å². The van der Waals surface area contributed by atoms with Crippen molar-refractivity contribution in [2.45, 2.75) is 31.1 Å². The molecule has 1 aromatic rings. The highest BCUT2D eigenvalue weighted by atomic mass is 32.2. The fraction of sp³-hybridized carbons (Fsp3) is 0.700. The van der Waals surface area contributed by atoms with Crippen molar-refractivity contribution < 1.29 is 4.21 Å². The van der Waals surface area contributed by atoms with E-state index >= 15 is 0 Å². The number of aromatic nitrogens is 1. The molecule has 1 aliphatic rings. The molecule has 0 radical (unpaired) electrons. The lowest BCUT2D eigenvalue weighted by molar-refractivity contribution is 0.427. The van der Waals surface area contributed by atoms with Crippen molar-refractivity contribution in [3.05, 3.63) is 16.6 Å². The summed E-state index contributed by atoms with van der Waals surface area (Å²) in [5, 5.41) is 3.42. The van der Waals surface area contributed by atoms with Crippen molar-refractivity contribution in [3.63, 3.8) is 0 Å². The molecular weight excluding hydrogens is 228 g/mol. The normalized spacial score (nSPS) is 23.9. The molecule has 0 amide bonds. The maximum Gasteiger partial charge on any atom is 0.0794 e. The Hall–Kier alpha value is -0.260. The molecular formula is C10H16N2OS2. The number of nitrogens with one attached hydrogen (secondary N) is 1. The second-order valence-corrected chi connectivity index (χ2v) is 6.34. The van der Waals surface area contributed by atoms with Crippen LogP contribution in [0.25, 0.3) is 0 Å². The highest BCUT2D eigenvalue weighted by Gasteiger charge is 2.15. The van der Waals surface area contributed by atoms with E-state index in [0.717, 1.165) is 17.2 Å². The lowest BCUT2D eigenvalue weighted by Gasteiger charge is -2.22. The third-order valence-electron chi connectivity index (χ3n) is 2.59.